The average molecular weight is 418 g/mol. The normalized spacial score (nSPS) is 24.1. The average Bonchev–Trinajstić information content (AvgIpc) is 2.72. The third-order valence-corrected chi connectivity index (χ3v) is 4.77. The predicted octanol–water partition coefficient (Wildman–Crippen LogP) is 0.395. The van der Waals surface area contributed by atoms with E-state index in [1.807, 2.05) is 0 Å². The van der Waals surface area contributed by atoms with Crippen LogP contribution in [0, 0.1) is 0 Å². The van der Waals surface area contributed by atoms with E-state index in [-0.39, 0.29) is 34.8 Å². The first-order valence-electron chi connectivity index (χ1n) is 8.91. The molecule has 158 valence electrons. The van der Waals surface area contributed by atoms with Gasteiger partial charge >= 0.3 is 0 Å². The van der Waals surface area contributed by atoms with Crippen molar-refractivity contribution in [1.29, 1.82) is 0 Å². The van der Waals surface area contributed by atoms with Gasteiger partial charge in [0.05, 0.1) is 6.61 Å². The molecule has 0 aliphatic carbocycles. The summed E-state index contributed by atoms with van der Waals surface area (Å²) in [4.78, 5) is 12.5. The van der Waals surface area contributed by atoms with Crippen molar-refractivity contribution < 1.29 is 44.5 Å². The molecule has 10 heteroatoms. The van der Waals surface area contributed by atoms with Crippen LogP contribution in [0.2, 0.25) is 0 Å². The minimum atomic E-state index is -1.64. The van der Waals surface area contributed by atoms with Gasteiger partial charge in [0, 0.05) is 17.7 Å². The van der Waals surface area contributed by atoms with Crippen molar-refractivity contribution >= 4 is 11.0 Å². The number of aromatic hydroxyl groups is 3. The zero-order valence-electron chi connectivity index (χ0n) is 15.3. The second-order valence-corrected chi connectivity index (χ2v) is 6.84. The lowest BCUT2D eigenvalue weighted by Gasteiger charge is -2.35. The van der Waals surface area contributed by atoms with Crippen LogP contribution in [0.15, 0.2) is 45.6 Å². The van der Waals surface area contributed by atoms with Crippen molar-refractivity contribution in [1.82, 2.24) is 0 Å². The number of phenolic OH excluding ortho intramolecular Hbond substituents is 3. The molecule has 2 aromatic carbocycles. The molecule has 10 nitrogen and oxygen atoms in total. The van der Waals surface area contributed by atoms with Gasteiger partial charge in [-0.2, -0.15) is 0 Å². The number of hydrogen-bond acceptors (Lipinski definition) is 10. The Kier molecular flexibility index (Phi) is 5.00. The molecular formula is C20H18O10. The van der Waals surface area contributed by atoms with E-state index < -0.39 is 41.5 Å². The first-order valence-corrected chi connectivity index (χ1v) is 8.91. The maximum atomic E-state index is 12.5. The Hall–Kier alpha value is -3.31. The van der Waals surface area contributed by atoms with Crippen molar-refractivity contribution in [3.05, 3.63) is 46.6 Å². The Morgan fingerprint density at radius 2 is 1.67 bits per heavy atom. The van der Waals surface area contributed by atoms with E-state index in [1.54, 1.807) is 0 Å². The molecule has 0 spiro atoms. The van der Waals surface area contributed by atoms with E-state index in [1.165, 1.54) is 24.3 Å². The highest BCUT2D eigenvalue weighted by Gasteiger charge is 2.39. The van der Waals surface area contributed by atoms with Crippen LogP contribution < -0.4 is 10.2 Å². The Morgan fingerprint density at radius 3 is 2.37 bits per heavy atom. The van der Waals surface area contributed by atoms with Crippen LogP contribution in [0.1, 0.15) is 0 Å². The summed E-state index contributed by atoms with van der Waals surface area (Å²) in [5, 5.41) is 59.3. The van der Waals surface area contributed by atoms with Crippen LogP contribution in [0.4, 0.5) is 0 Å². The minimum absolute atomic E-state index is 0.0106. The lowest BCUT2D eigenvalue weighted by molar-refractivity contribution is -0.242. The number of benzene rings is 2. The summed E-state index contributed by atoms with van der Waals surface area (Å²) in [6, 6.07) is 7.84. The van der Waals surface area contributed by atoms with Gasteiger partial charge < -0.3 is 44.5 Å². The fourth-order valence-corrected chi connectivity index (χ4v) is 3.15. The number of aliphatic hydroxyl groups is 3. The molecular weight excluding hydrogens is 400 g/mol. The predicted molar refractivity (Wildman–Crippen MR) is 101 cm³/mol. The monoisotopic (exact) mass is 418 g/mol. The van der Waals surface area contributed by atoms with Gasteiger partial charge in [-0.05, 0) is 24.3 Å². The second kappa shape index (κ2) is 7.50. The van der Waals surface area contributed by atoms with E-state index in [0.29, 0.717) is 5.56 Å². The van der Waals surface area contributed by atoms with Gasteiger partial charge in [0.1, 0.15) is 41.0 Å². The summed E-state index contributed by atoms with van der Waals surface area (Å²) < 4.78 is 16.1. The molecule has 30 heavy (non-hydrogen) atoms. The quantitative estimate of drug-likeness (QED) is 0.327. The third kappa shape index (κ3) is 3.42. The van der Waals surface area contributed by atoms with E-state index >= 15 is 0 Å². The molecule has 0 amide bonds. The molecule has 4 atom stereocenters. The zero-order chi connectivity index (χ0) is 21.6. The summed E-state index contributed by atoms with van der Waals surface area (Å²) in [6.45, 7) is -0.330. The maximum absolute atomic E-state index is 12.5. The summed E-state index contributed by atoms with van der Waals surface area (Å²) in [6.07, 6.45) is -5.96. The van der Waals surface area contributed by atoms with Gasteiger partial charge in [-0.1, -0.05) is 0 Å². The fourth-order valence-electron chi connectivity index (χ4n) is 3.15. The number of hydrogen-bond donors (Lipinski definition) is 6. The molecule has 1 saturated heterocycles. The van der Waals surface area contributed by atoms with E-state index in [2.05, 4.69) is 0 Å². The molecule has 2 heterocycles. The highest BCUT2D eigenvalue weighted by atomic mass is 16.7. The fraction of sp³-hybridized carbons (Fsp3) is 0.250. The van der Waals surface area contributed by atoms with Crippen molar-refractivity contribution in [3.8, 4) is 34.3 Å². The van der Waals surface area contributed by atoms with Crippen molar-refractivity contribution in [2.24, 2.45) is 0 Å². The molecule has 4 rings (SSSR count). The van der Waals surface area contributed by atoms with Gasteiger partial charge in [0.2, 0.25) is 12.0 Å². The molecule has 1 aromatic heterocycles. The molecule has 0 saturated carbocycles. The van der Waals surface area contributed by atoms with Crippen LogP contribution in [0.3, 0.4) is 0 Å². The van der Waals surface area contributed by atoms with E-state index in [4.69, 9.17) is 13.9 Å². The zero-order valence-corrected chi connectivity index (χ0v) is 15.3. The van der Waals surface area contributed by atoms with Gasteiger partial charge in [-0.15, -0.1) is 0 Å². The third-order valence-electron chi connectivity index (χ3n) is 4.77. The van der Waals surface area contributed by atoms with Crippen molar-refractivity contribution in [2.75, 3.05) is 6.61 Å². The smallest absolute Gasteiger partial charge is 0.229 e. The minimum Gasteiger partial charge on any atom is -0.508 e. The standard InChI is InChI=1S/C20H18O10/c21-9-3-1-8(2-4-9)13-5-10(22)15-11(23)6-14(17(26)19(15)29-13)30-20-18(27)16(25)12(24)7-28-20/h1-6,12,16,18,20-21,23-27H,7H2. The Bertz CT molecular complexity index is 1140. The van der Waals surface area contributed by atoms with Gasteiger partial charge in [0.25, 0.3) is 0 Å². The molecule has 1 fully saturated rings. The van der Waals surface area contributed by atoms with E-state index in [9.17, 15) is 35.4 Å². The summed E-state index contributed by atoms with van der Waals surface area (Å²) >= 11 is 0. The molecule has 6 N–H and O–H groups in total. The topological polar surface area (TPSA) is 170 Å². The largest absolute Gasteiger partial charge is 0.508 e. The number of rotatable bonds is 3. The van der Waals surface area contributed by atoms with Crippen LogP contribution in [0.25, 0.3) is 22.3 Å². The van der Waals surface area contributed by atoms with Gasteiger partial charge in [0.15, 0.2) is 16.8 Å². The summed E-state index contributed by atoms with van der Waals surface area (Å²) in [7, 11) is 0. The Balaban J connectivity index is 1.78. The SMILES string of the molecule is O=c1cc(-c2ccc(O)cc2)oc2c(O)c(OC3OCC(O)C(O)C3O)cc(O)c12. The summed E-state index contributed by atoms with van der Waals surface area (Å²) in [5.74, 6) is -1.49. The Labute approximate surface area is 168 Å². The van der Waals surface area contributed by atoms with Gasteiger partial charge in [-0.25, -0.2) is 0 Å². The molecule has 1 aliphatic rings. The lowest BCUT2D eigenvalue weighted by atomic mass is 10.1. The van der Waals surface area contributed by atoms with Crippen LogP contribution in [0.5, 0.6) is 23.0 Å². The lowest BCUT2D eigenvalue weighted by Crippen LogP contribution is -2.54. The highest BCUT2D eigenvalue weighted by molar-refractivity contribution is 5.91. The first kappa shape index (κ1) is 20.0. The molecule has 0 radical (unpaired) electrons. The number of aliphatic hydroxyl groups excluding tert-OH is 3. The molecule has 0 bridgehead atoms. The first-order chi connectivity index (χ1) is 14.3. The number of fused-ring (bicyclic) bond motifs is 1. The highest BCUT2D eigenvalue weighted by Crippen LogP contribution is 2.41. The molecule has 1 aliphatic heterocycles. The van der Waals surface area contributed by atoms with Gasteiger partial charge in [-0.3, -0.25) is 4.79 Å². The molecule has 4 unspecified atom stereocenters. The van der Waals surface area contributed by atoms with E-state index in [0.717, 1.165) is 12.1 Å². The number of phenols is 3. The summed E-state index contributed by atoms with van der Waals surface area (Å²) in [5.41, 5.74) is -0.571. The molecule has 3 aromatic rings. The van der Waals surface area contributed by atoms with Crippen LogP contribution >= 0.6 is 0 Å². The van der Waals surface area contributed by atoms with Crippen molar-refractivity contribution in [3.63, 3.8) is 0 Å². The second-order valence-electron chi connectivity index (χ2n) is 6.84. The van der Waals surface area contributed by atoms with Crippen LogP contribution in [-0.2, 0) is 4.74 Å². The maximum Gasteiger partial charge on any atom is 0.229 e. The van der Waals surface area contributed by atoms with Crippen molar-refractivity contribution in [2.45, 2.75) is 24.6 Å². The number of ether oxygens (including phenoxy) is 2. The van der Waals surface area contributed by atoms with Crippen LogP contribution in [-0.4, -0.2) is 61.8 Å². The Morgan fingerprint density at radius 1 is 0.967 bits per heavy atom.